The lowest BCUT2D eigenvalue weighted by Gasteiger charge is -2.13. The van der Waals surface area contributed by atoms with Crippen LogP contribution in [0.1, 0.15) is 38.4 Å². The number of aromatic nitrogens is 1. The van der Waals surface area contributed by atoms with Crippen molar-refractivity contribution >= 4 is 23.7 Å². The van der Waals surface area contributed by atoms with Gasteiger partial charge in [-0.2, -0.15) is 0 Å². The molecule has 0 aromatic carbocycles. The summed E-state index contributed by atoms with van der Waals surface area (Å²) in [7, 11) is 0. The molecule has 0 saturated heterocycles. The van der Waals surface area contributed by atoms with Crippen molar-refractivity contribution in [3.8, 4) is 0 Å². The van der Waals surface area contributed by atoms with E-state index >= 15 is 0 Å². The van der Waals surface area contributed by atoms with Gasteiger partial charge in [0.25, 0.3) is 0 Å². The third-order valence-corrected chi connectivity index (χ3v) is 3.01. The minimum absolute atomic E-state index is 0.0891. The normalized spacial score (nSPS) is 13.0. The van der Waals surface area contributed by atoms with Crippen LogP contribution in [0.3, 0.4) is 0 Å². The molecule has 0 bridgehead atoms. The number of carbonyl (C=O) groups is 1. The standard InChI is InChI=1S/C11H15NOS/c1-8(6-13)5-9-7-14-10(12-9)11(2,3)4/h5-7H,1-4H3. The van der Waals surface area contributed by atoms with E-state index in [2.05, 4.69) is 25.8 Å². The predicted octanol–water partition coefficient (Wildman–Crippen LogP) is 3.04. The minimum Gasteiger partial charge on any atom is -0.298 e. The summed E-state index contributed by atoms with van der Waals surface area (Å²) in [5.74, 6) is 0. The fourth-order valence-electron chi connectivity index (χ4n) is 0.964. The average molecular weight is 209 g/mol. The number of hydrogen-bond donors (Lipinski definition) is 0. The van der Waals surface area contributed by atoms with Gasteiger partial charge in [0.05, 0.1) is 10.7 Å². The molecule has 0 aliphatic rings. The summed E-state index contributed by atoms with van der Waals surface area (Å²) in [6, 6.07) is 0. The molecule has 1 rings (SSSR count). The van der Waals surface area contributed by atoms with Crippen molar-refractivity contribution < 1.29 is 4.79 Å². The van der Waals surface area contributed by atoms with Crippen LogP contribution >= 0.6 is 11.3 Å². The molecular formula is C11H15NOS. The largest absolute Gasteiger partial charge is 0.298 e. The second-order valence-electron chi connectivity index (χ2n) is 4.33. The van der Waals surface area contributed by atoms with Crippen LogP contribution in [-0.2, 0) is 10.2 Å². The van der Waals surface area contributed by atoms with Gasteiger partial charge in [-0.25, -0.2) is 4.98 Å². The zero-order chi connectivity index (χ0) is 10.8. The van der Waals surface area contributed by atoms with Gasteiger partial charge in [0.15, 0.2) is 0 Å². The number of hydrogen-bond acceptors (Lipinski definition) is 3. The lowest BCUT2D eigenvalue weighted by atomic mass is 9.98. The molecule has 0 aliphatic carbocycles. The predicted molar refractivity (Wildman–Crippen MR) is 60.5 cm³/mol. The molecule has 0 aliphatic heterocycles. The lowest BCUT2D eigenvalue weighted by molar-refractivity contribution is -0.104. The molecule has 14 heavy (non-hydrogen) atoms. The monoisotopic (exact) mass is 209 g/mol. The molecule has 1 heterocycles. The van der Waals surface area contributed by atoms with Crippen LogP contribution < -0.4 is 0 Å². The molecule has 2 nitrogen and oxygen atoms in total. The summed E-state index contributed by atoms with van der Waals surface area (Å²) in [4.78, 5) is 14.9. The fourth-order valence-corrected chi connectivity index (χ4v) is 1.83. The topological polar surface area (TPSA) is 30.0 Å². The van der Waals surface area contributed by atoms with E-state index in [9.17, 15) is 4.79 Å². The Balaban J connectivity index is 2.95. The first kappa shape index (κ1) is 11.1. The van der Waals surface area contributed by atoms with Crippen molar-refractivity contribution in [3.63, 3.8) is 0 Å². The average Bonchev–Trinajstić information content (AvgIpc) is 2.51. The molecule has 0 atom stereocenters. The number of carbonyl (C=O) groups excluding carboxylic acids is 1. The van der Waals surface area contributed by atoms with E-state index in [1.807, 2.05) is 5.38 Å². The van der Waals surface area contributed by atoms with E-state index in [0.717, 1.165) is 17.0 Å². The highest BCUT2D eigenvalue weighted by Gasteiger charge is 2.17. The Labute approximate surface area is 88.7 Å². The van der Waals surface area contributed by atoms with Crippen molar-refractivity contribution in [3.05, 3.63) is 21.7 Å². The molecule has 0 saturated carbocycles. The first-order valence-corrected chi connectivity index (χ1v) is 5.41. The van der Waals surface area contributed by atoms with Gasteiger partial charge in [-0.05, 0) is 18.6 Å². The number of aldehydes is 1. The van der Waals surface area contributed by atoms with Crippen LogP contribution in [0, 0.1) is 0 Å². The van der Waals surface area contributed by atoms with Gasteiger partial charge in [0, 0.05) is 10.8 Å². The van der Waals surface area contributed by atoms with E-state index in [0.29, 0.717) is 5.57 Å². The van der Waals surface area contributed by atoms with Gasteiger partial charge in [-0.3, -0.25) is 4.79 Å². The fraction of sp³-hybridized carbons (Fsp3) is 0.455. The van der Waals surface area contributed by atoms with E-state index < -0.39 is 0 Å². The van der Waals surface area contributed by atoms with Gasteiger partial charge >= 0.3 is 0 Å². The Morgan fingerprint density at radius 3 is 2.57 bits per heavy atom. The Kier molecular flexibility index (Phi) is 3.21. The van der Waals surface area contributed by atoms with Crippen molar-refractivity contribution in [2.45, 2.75) is 33.1 Å². The molecular weight excluding hydrogens is 194 g/mol. The van der Waals surface area contributed by atoms with Crippen molar-refractivity contribution in [2.24, 2.45) is 0 Å². The van der Waals surface area contributed by atoms with Crippen molar-refractivity contribution in [2.75, 3.05) is 0 Å². The highest BCUT2D eigenvalue weighted by atomic mass is 32.1. The van der Waals surface area contributed by atoms with Crippen LogP contribution in [0.2, 0.25) is 0 Å². The Bertz CT molecular complexity index is 358. The van der Waals surface area contributed by atoms with Gasteiger partial charge < -0.3 is 0 Å². The summed E-state index contributed by atoms with van der Waals surface area (Å²) >= 11 is 1.64. The number of thiazole rings is 1. The molecule has 0 spiro atoms. The Hall–Kier alpha value is -0.960. The Morgan fingerprint density at radius 1 is 1.50 bits per heavy atom. The smallest absolute Gasteiger partial charge is 0.145 e. The Morgan fingerprint density at radius 2 is 2.14 bits per heavy atom. The number of allylic oxidation sites excluding steroid dienone is 1. The van der Waals surface area contributed by atoms with E-state index in [1.165, 1.54) is 0 Å². The van der Waals surface area contributed by atoms with Gasteiger partial charge in [0.2, 0.25) is 0 Å². The van der Waals surface area contributed by atoms with Gasteiger partial charge in [-0.1, -0.05) is 20.8 Å². The first-order chi connectivity index (χ1) is 6.43. The van der Waals surface area contributed by atoms with Crippen LogP contribution in [0.4, 0.5) is 0 Å². The van der Waals surface area contributed by atoms with Crippen LogP contribution in [-0.4, -0.2) is 11.3 Å². The number of nitrogens with zero attached hydrogens (tertiary/aromatic N) is 1. The third-order valence-electron chi connectivity index (χ3n) is 1.72. The van der Waals surface area contributed by atoms with Gasteiger partial charge in [-0.15, -0.1) is 11.3 Å². The number of rotatable bonds is 2. The second kappa shape index (κ2) is 4.05. The molecule has 0 unspecified atom stereocenters. The van der Waals surface area contributed by atoms with Crippen LogP contribution in [0.25, 0.3) is 6.08 Å². The third kappa shape index (κ3) is 2.77. The molecule has 0 N–H and O–H groups in total. The zero-order valence-electron chi connectivity index (χ0n) is 9.00. The summed E-state index contributed by atoms with van der Waals surface area (Å²) in [6.45, 7) is 8.17. The van der Waals surface area contributed by atoms with E-state index in [4.69, 9.17) is 0 Å². The highest BCUT2D eigenvalue weighted by molar-refractivity contribution is 7.09. The molecule has 0 radical (unpaired) electrons. The molecule has 3 heteroatoms. The SMILES string of the molecule is CC(C=O)=Cc1csc(C(C)(C)C)n1. The van der Waals surface area contributed by atoms with Crippen molar-refractivity contribution in [1.29, 1.82) is 0 Å². The maximum Gasteiger partial charge on any atom is 0.145 e. The summed E-state index contributed by atoms with van der Waals surface area (Å²) in [5, 5.41) is 3.08. The summed E-state index contributed by atoms with van der Waals surface area (Å²) < 4.78 is 0. The quantitative estimate of drug-likeness (QED) is 0.553. The summed E-state index contributed by atoms with van der Waals surface area (Å²) in [6.07, 6.45) is 2.65. The zero-order valence-corrected chi connectivity index (χ0v) is 9.81. The molecule has 1 aromatic heterocycles. The summed E-state index contributed by atoms with van der Waals surface area (Å²) in [5.41, 5.74) is 1.67. The minimum atomic E-state index is 0.0891. The first-order valence-electron chi connectivity index (χ1n) is 4.53. The maximum atomic E-state index is 10.4. The molecule has 1 aromatic rings. The van der Waals surface area contributed by atoms with Crippen molar-refractivity contribution in [1.82, 2.24) is 4.98 Å². The van der Waals surface area contributed by atoms with Crippen LogP contribution in [0.5, 0.6) is 0 Å². The maximum absolute atomic E-state index is 10.4. The molecule has 0 amide bonds. The van der Waals surface area contributed by atoms with Crippen LogP contribution in [0.15, 0.2) is 11.0 Å². The molecule has 0 fully saturated rings. The second-order valence-corrected chi connectivity index (χ2v) is 5.19. The molecule has 76 valence electrons. The van der Waals surface area contributed by atoms with E-state index in [1.54, 1.807) is 24.3 Å². The lowest BCUT2D eigenvalue weighted by Crippen LogP contribution is -2.10. The van der Waals surface area contributed by atoms with Gasteiger partial charge in [0.1, 0.15) is 6.29 Å². The van der Waals surface area contributed by atoms with E-state index in [-0.39, 0.29) is 5.41 Å². The highest BCUT2D eigenvalue weighted by Crippen LogP contribution is 2.26.